The first-order valence-electron chi connectivity index (χ1n) is 6.98. The first-order chi connectivity index (χ1) is 11.0. The van der Waals surface area contributed by atoms with Gasteiger partial charge in [0.15, 0.2) is 5.65 Å². The Kier molecular flexibility index (Phi) is 4.07. The molecule has 7 nitrogen and oxygen atoms in total. The number of aryl methyl sites for hydroxylation is 1. The van der Waals surface area contributed by atoms with Crippen molar-refractivity contribution in [1.29, 1.82) is 0 Å². The summed E-state index contributed by atoms with van der Waals surface area (Å²) < 4.78 is 21.0. The smallest absolute Gasteiger partial charge is 0.264 e. The van der Waals surface area contributed by atoms with Crippen molar-refractivity contribution in [3.63, 3.8) is 0 Å². The Labute approximate surface area is 130 Å². The Balaban J connectivity index is 1.68. The fraction of sp³-hybridized carbons (Fsp3) is 0.267. The molecule has 120 valence electrons. The van der Waals surface area contributed by atoms with Crippen LogP contribution < -0.4 is 10.3 Å². The van der Waals surface area contributed by atoms with Crippen molar-refractivity contribution in [2.45, 2.75) is 12.6 Å². The predicted octanol–water partition coefficient (Wildman–Crippen LogP) is 0.709. The van der Waals surface area contributed by atoms with Crippen molar-refractivity contribution in [2.75, 3.05) is 6.61 Å². The zero-order valence-corrected chi connectivity index (χ0v) is 12.4. The van der Waals surface area contributed by atoms with Gasteiger partial charge in [-0.3, -0.25) is 14.0 Å². The van der Waals surface area contributed by atoms with E-state index in [1.807, 2.05) is 0 Å². The lowest BCUT2D eigenvalue weighted by Gasteiger charge is -2.13. The van der Waals surface area contributed by atoms with Crippen LogP contribution in [0.2, 0.25) is 0 Å². The van der Waals surface area contributed by atoms with Gasteiger partial charge in [0.2, 0.25) is 0 Å². The molecule has 0 spiro atoms. The van der Waals surface area contributed by atoms with E-state index in [-0.39, 0.29) is 24.5 Å². The van der Waals surface area contributed by atoms with E-state index in [2.05, 4.69) is 10.1 Å². The van der Waals surface area contributed by atoms with Crippen LogP contribution in [0.15, 0.2) is 41.6 Å². The van der Waals surface area contributed by atoms with Gasteiger partial charge in [-0.15, -0.1) is 0 Å². The van der Waals surface area contributed by atoms with E-state index in [1.54, 1.807) is 7.05 Å². The lowest BCUT2D eigenvalue weighted by atomic mass is 10.3. The number of hydrogen-bond donors (Lipinski definition) is 1. The van der Waals surface area contributed by atoms with Crippen LogP contribution in [0.1, 0.15) is 0 Å². The van der Waals surface area contributed by atoms with Gasteiger partial charge < -0.3 is 9.84 Å². The number of halogens is 1. The molecule has 1 N–H and O–H groups in total. The highest BCUT2D eigenvalue weighted by atomic mass is 19.1. The van der Waals surface area contributed by atoms with Gasteiger partial charge >= 0.3 is 0 Å². The Morgan fingerprint density at radius 1 is 1.35 bits per heavy atom. The van der Waals surface area contributed by atoms with Crippen molar-refractivity contribution in [1.82, 2.24) is 19.3 Å². The molecular weight excluding hydrogens is 303 g/mol. The van der Waals surface area contributed by atoms with Gasteiger partial charge in [-0.25, -0.2) is 9.37 Å². The van der Waals surface area contributed by atoms with E-state index >= 15 is 0 Å². The monoisotopic (exact) mass is 318 g/mol. The molecule has 0 saturated carbocycles. The topological polar surface area (TPSA) is 82.2 Å². The molecule has 3 rings (SSSR count). The quantitative estimate of drug-likeness (QED) is 0.749. The third-order valence-corrected chi connectivity index (χ3v) is 3.38. The maximum absolute atomic E-state index is 12.8. The molecule has 2 heterocycles. The molecule has 1 aromatic carbocycles. The lowest BCUT2D eigenvalue weighted by Crippen LogP contribution is -2.30. The number of rotatable bonds is 5. The van der Waals surface area contributed by atoms with Gasteiger partial charge in [-0.1, -0.05) is 0 Å². The number of aliphatic hydroxyl groups is 1. The van der Waals surface area contributed by atoms with Crippen molar-refractivity contribution in [3.05, 3.63) is 53.0 Å². The third kappa shape index (κ3) is 3.21. The second-order valence-electron chi connectivity index (χ2n) is 5.13. The normalized spacial score (nSPS) is 12.5. The highest BCUT2D eigenvalue weighted by Gasteiger charge is 2.12. The number of benzene rings is 1. The molecule has 23 heavy (non-hydrogen) atoms. The molecule has 0 fully saturated rings. The highest BCUT2D eigenvalue weighted by Crippen LogP contribution is 2.11. The summed E-state index contributed by atoms with van der Waals surface area (Å²) in [5.74, 6) is 0.0823. The average molecular weight is 318 g/mol. The van der Waals surface area contributed by atoms with Crippen LogP contribution in [0.3, 0.4) is 0 Å². The summed E-state index contributed by atoms with van der Waals surface area (Å²) in [6, 6.07) is 5.48. The number of hydrogen-bond acceptors (Lipinski definition) is 5. The largest absolute Gasteiger partial charge is 0.491 e. The summed E-state index contributed by atoms with van der Waals surface area (Å²) in [5.41, 5.74) is 0.215. The Morgan fingerprint density at radius 2 is 2.09 bits per heavy atom. The average Bonchev–Trinajstić information content (AvgIpc) is 2.92. The van der Waals surface area contributed by atoms with Crippen molar-refractivity contribution in [2.24, 2.45) is 7.05 Å². The first kappa shape index (κ1) is 15.2. The summed E-state index contributed by atoms with van der Waals surface area (Å²) in [6.45, 7) is 0.0149. The molecule has 0 amide bonds. The van der Waals surface area contributed by atoms with E-state index in [9.17, 15) is 14.3 Å². The number of ether oxygens (including phenoxy) is 1. The molecule has 0 aliphatic carbocycles. The predicted molar refractivity (Wildman–Crippen MR) is 80.7 cm³/mol. The van der Waals surface area contributed by atoms with Crippen LogP contribution >= 0.6 is 0 Å². The minimum atomic E-state index is -0.909. The maximum Gasteiger partial charge on any atom is 0.264 e. The summed E-state index contributed by atoms with van der Waals surface area (Å²) in [6.07, 6.45) is 1.91. The fourth-order valence-corrected chi connectivity index (χ4v) is 2.20. The molecule has 0 radical (unpaired) electrons. The van der Waals surface area contributed by atoms with E-state index in [4.69, 9.17) is 4.74 Å². The number of fused-ring (bicyclic) bond motifs is 1. The van der Waals surface area contributed by atoms with Gasteiger partial charge in [-0.05, 0) is 24.3 Å². The van der Waals surface area contributed by atoms with Gasteiger partial charge in [0.05, 0.1) is 12.7 Å². The number of nitrogens with zero attached hydrogens (tertiary/aromatic N) is 4. The van der Waals surface area contributed by atoms with Crippen LogP contribution in [0.5, 0.6) is 5.75 Å². The van der Waals surface area contributed by atoms with Crippen LogP contribution in [0.4, 0.5) is 4.39 Å². The minimum absolute atomic E-state index is 0.0247. The number of aliphatic hydroxyl groups excluding tert-OH is 1. The zero-order chi connectivity index (χ0) is 16.4. The van der Waals surface area contributed by atoms with Gasteiger partial charge in [0.1, 0.15) is 36.0 Å². The summed E-state index contributed by atoms with van der Waals surface area (Å²) in [5, 5.41) is 14.4. The van der Waals surface area contributed by atoms with Gasteiger partial charge in [0, 0.05) is 7.05 Å². The van der Waals surface area contributed by atoms with Crippen molar-refractivity contribution < 1.29 is 14.2 Å². The van der Waals surface area contributed by atoms with Crippen molar-refractivity contribution in [3.8, 4) is 5.75 Å². The van der Waals surface area contributed by atoms with E-state index < -0.39 is 6.10 Å². The summed E-state index contributed by atoms with van der Waals surface area (Å²) in [4.78, 5) is 16.4. The molecule has 0 aliphatic heterocycles. The second kappa shape index (κ2) is 6.17. The van der Waals surface area contributed by atoms with E-state index in [0.29, 0.717) is 16.8 Å². The van der Waals surface area contributed by atoms with Crippen LogP contribution in [0, 0.1) is 5.82 Å². The molecule has 2 aromatic heterocycles. The highest BCUT2D eigenvalue weighted by molar-refractivity contribution is 5.72. The molecule has 8 heteroatoms. The maximum atomic E-state index is 12.8. The Hall–Kier alpha value is -2.74. The van der Waals surface area contributed by atoms with Gasteiger partial charge in [-0.2, -0.15) is 5.10 Å². The molecule has 1 atom stereocenters. The van der Waals surface area contributed by atoms with Crippen LogP contribution in [-0.2, 0) is 13.6 Å². The van der Waals surface area contributed by atoms with E-state index in [1.165, 1.54) is 46.0 Å². The SMILES string of the molecule is Cn1ncc2c(=O)n(CC(O)COc3ccc(F)cc3)cnc21. The standard InChI is InChI=1S/C15H15FN4O3/c1-19-14-13(6-18-19)15(22)20(9-17-14)7-11(21)8-23-12-4-2-10(16)3-5-12/h2-6,9,11,21H,7-8H2,1H3. The molecule has 3 aromatic rings. The fourth-order valence-electron chi connectivity index (χ4n) is 2.20. The van der Waals surface area contributed by atoms with E-state index in [0.717, 1.165) is 0 Å². The first-order valence-corrected chi connectivity index (χ1v) is 6.98. The molecule has 1 unspecified atom stereocenters. The summed E-state index contributed by atoms with van der Waals surface area (Å²) in [7, 11) is 1.70. The minimum Gasteiger partial charge on any atom is -0.491 e. The van der Waals surface area contributed by atoms with Crippen molar-refractivity contribution >= 4 is 11.0 Å². The molecular formula is C15H15FN4O3. The third-order valence-electron chi connectivity index (χ3n) is 3.38. The zero-order valence-electron chi connectivity index (χ0n) is 12.4. The second-order valence-corrected chi connectivity index (χ2v) is 5.13. The Bertz CT molecular complexity index is 873. The molecule has 0 aliphatic rings. The van der Waals surface area contributed by atoms with Gasteiger partial charge in [0.25, 0.3) is 5.56 Å². The molecule has 0 saturated heterocycles. The number of aromatic nitrogens is 4. The molecule has 0 bridgehead atoms. The van der Waals surface area contributed by atoms with Crippen LogP contribution in [0.25, 0.3) is 11.0 Å². The Morgan fingerprint density at radius 3 is 2.83 bits per heavy atom. The lowest BCUT2D eigenvalue weighted by molar-refractivity contribution is 0.0914. The van der Waals surface area contributed by atoms with Crippen LogP contribution in [-0.4, -0.2) is 37.1 Å². The summed E-state index contributed by atoms with van der Waals surface area (Å²) >= 11 is 0.